The summed E-state index contributed by atoms with van der Waals surface area (Å²) in [5, 5.41) is 9.97. The Morgan fingerprint density at radius 1 is 1.31 bits per heavy atom. The Kier molecular flexibility index (Phi) is 5.50. The van der Waals surface area contributed by atoms with E-state index in [9.17, 15) is 5.11 Å². The Balaban J connectivity index is 2.45. The number of hydrogen-bond donors (Lipinski definition) is 1. The third kappa shape index (κ3) is 4.33. The zero-order chi connectivity index (χ0) is 12.0. The van der Waals surface area contributed by atoms with E-state index in [4.69, 9.17) is 4.74 Å². The van der Waals surface area contributed by atoms with Crippen LogP contribution in [0.4, 0.5) is 0 Å². The molecule has 16 heavy (non-hydrogen) atoms. The first-order valence-corrected chi connectivity index (χ1v) is 5.85. The number of benzene rings is 1. The van der Waals surface area contributed by atoms with Gasteiger partial charge in [-0.25, -0.2) is 0 Å². The molecule has 0 heterocycles. The minimum Gasteiger partial charge on any atom is -0.393 e. The summed E-state index contributed by atoms with van der Waals surface area (Å²) in [6, 6.07) is 8.21. The Bertz CT molecular complexity index is 309. The number of hydrogen-bond acceptors (Lipinski definition) is 2. The van der Waals surface area contributed by atoms with Gasteiger partial charge in [-0.2, -0.15) is 0 Å². The highest BCUT2D eigenvalue weighted by Gasteiger charge is 2.11. The Morgan fingerprint density at radius 2 is 2.00 bits per heavy atom. The van der Waals surface area contributed by atoms with E-state index in [-0.39, 0.29) is 6.10 Å². The summed E-state index contributed by atoms with van der Waals surface area (Å²) < 4.78 is 5.07. The summed E-state index contributed by atoms with van der Waals surface area (Å²) in [6.07, 6.45) is 1.26. The van der Waals surface area contributed by atoms with Gasteiger partial charge >= 0.3 is 0 Å². The minimum absolute atomic E-state index is 0.272. The van der Waals surface area contributed by atoms with Crippen molar-refractivity contribution in [3.8, 4) is 0 Å². The van der Waals surface area contributed by atoms with Crippen LogP contribution in [0.15, 0.2) is 24.3 Å². The fourth-order valence-corrected chi connectivity index (χ4v) is 1.99. The van der Waals surface area contributed by atoms with Crippen LogP contribution in [-0.4, -0.2) is 24.9 Å². The lowest BCUT2D eigenvalue weighted by Gasteiger charge is -2.16. The van der Waals surface area contributed by atoms with Crippen molar-refractivity contribution in [3.05, 3.63) is 35.4 Å². The Morgan fingerprint density at radius 3 is 2.62 bits per heavy atom. The van der Waals surface area contributed by atoms with E-state index < -0.39 is 0 Å². The molecule has 0 aromatic heterocycles. The SMILES string of the molecule is COCC(C)CC(O)Cc1ccccc1C. The average Bonchev–Trinajstić information content (AvgIpc) is 2.21. The van der Waals surface area contributed by atoms with Gasteiger partial charge < -0.3 is 9.84 Å². The topological polar surface area (TPSA) is 29.5 Å². The van der Waals surface area contributed by atoms with Crippen LogP contribution in [0.3, 0.4) is 0 Å². The third-order valence-electron chi connectivity index (χ3n) is 2.84. The molecule has 0 saturated heterocycles. The second kappa shape index (κ2) is 6.66. The minimum atomic E-state index is -0.272. The summed E-state index contributed by atoms with van der Waals surface area (Å²) in [7, 11) is 1.70. The molecule has 0 aliphatic rings. The van der Waals surface area contributed by atoms with Crippen LogP contribution in [0.2, 0.25) is 0 Å². The molecule has 0 radical (unpaired) electrons. The summed E-state index contributed by atoms with van der Waals surface area (Å²) >= 11 is 0. The first kappa shape index (κ1) is 13.2. The molecule has 1 N–H and O–H groups in total. The van der Waals surface area contributed by atoms with Gasteiger partial charge in [0, 0.05) is 13.7 Å². The van der Waals surface area contributed by atoms with E-state index in [1.807, 2.05) is 12.1 Å². The highest BCUT2D eigenvalue weighted by molar-refractivity contribution is 5.26. The maximum Gasteiger partial charge on any atom is 0.0584 e. The Labute approximate surface area is 98.3 Å². The predicted octanol–water partition coefficient (Wildman–Crippen LogP) is 2.57. The van der Waals surface area contributed by atoms with Crippen LogP contribution < -0.4 is 0 Å². The molecule has 0 aliphatic carbocycles. The van der Waals surface area contributed by atoms with Crippen molar-refractivity contribution in [1.82, 2.24) is 0 Å². The summed E-state index contributed by atoms with van der Waals surface area (Å²) in [6.45, 7) is 4.90. The number of rotatable bonds is 6. The molecule has 2 atom stereocenters. The van der Waals surface area contributed by atoms with Crippen molar-refractivity contribution < 1.29 is 9.84 Å². The molecular weight excluding hydrogens is 200 g/mol. The normalized spacial score (nSPS) is 14.8. The number of ether oxygens (including phenoxy) is 1. The summed E-state index contributed by atoms with van der Waals surface area (Å²) in [5.74, 6) is 0.406. The monoisotopic (exact) mass is 222 g/mol. The van der Waals surface area contributed by atoms with Crippen molar-refractivity contribution in [2.45, 2.75) is 32.8 Å². The summed E-state index contributed by atoms with van der Waals surface area (Å²) in [4.78, 5) is 0. The molecule has 1 aromatic carbocycles. The van der Waals surface area contributed by atoms with Crippen molar-refractivity contribution in [3.63, 3.8) is 0 Å². The molecule has 2 heteroatoms. The van der Waals surface area contributed by atoms with Gasteiger partial charge in [-0.15, -0.1) is 0 Å². The van der Waals surface area contributed by atoms with Gasteiger partial charge in [0.05, 0.1) is 6.10 Å². The molecule has 0 aliphatic heterocycles. The summed E-state index contributed by atoms with van der Waals surface area (Å²) in [5.41, 5.74) is 2.49. The van der Waals surface area contributed by atoms with E-state index in [2.05, 4.69) is 26.0 Å². The highest BCUT2D eigenvalue weighted by Crippen LogP contribution is 2.14. The fraction of sp³-hybridized carbons (Fsp3) is 0.571. The number of aliphatic hydroxyl groups excluding tert-OH is 1. The van der Waals surface area contributed by atoms with Crippen molar-refractivity contribution in [2.75, 3.05) is 13.7 Å². The van der Waals surface area contributed by atoms with Gasteiger partial charge in [0.25, 0.3) is 0 Å². The molecule has 0 spiro atoms. The molecule has 90 valence electrons. The van der Waals surface area contributed by atoms with Gasteiger partial charge in [-0.1, -0.05) is 31.2 Å². The second-order valence-corrected chi connectivity index (χ2v) is 4.58. The molecule has 2 unspecified atom stereocenters. The molecular formula is C14H22O2. The van der Waals surface area contributed by atoms with Crippen molar-refractivity contribution in [1.29, 1.82) is 0 Å². The van der Waals surface area contributed by atoms with Crippen LogP contribution in [0.1, 0.15) is 24.5 Å². The van der Waals surface area contributed by atoms with Crippen LogP contribution in [0.5, 0.6) is 0 Å². The predicted molar refractivity (Wildman–Crippen MR) is 66.5 cm³/mol. The van der Waals surface area contributed by atoms with E-state index in [1.165, 1.54) is 11.1 Å². The first-order valence-electron chi connectivity index (χ1n) is 5.85. The van der Waals surface area contributed by atoms with E-state index in [1.54, 1.807) is 7.11 Å². The van der Waals surface area contributed by atoms with E-state index >= 15 is 0 Å². The molecule has 0 bridgehead atoms. The molecule has 0 fully saturated rings. The smallest absolute Gasteiger partial charge is 0.0584 e. The fourth-order valence-electron chi connectivity index (χ4n) is 1.99. The Hall–Kier alpha value is -0.860. The largest absolute Gasteiger partial charge is 0.393 e. The first-order chi connectivity index (χ1) is 7.63. The maximum atomic E-state index is 9.97. The van der Waals surface area contributed by atoms with E-state index in [0.717, 1.165) is 12.8 Å². The van der Waals surface area contributed by atoms with Gasteiger partial charge in [0.2, 0.25) is 0 Å². The second-order valence-electron chi connectivity index (χ2n) is 4.58. The van der Waals surface area contributed by atoms with Crippen molar-refractivity contribution >= 4 is 0 Å². The van der Waals surface area contributed by atoms with Gasteiger partial charge in [-0.3, -0.25) is 0 Å². The highest BCUT2D eigenvalue weighted by atomic mass is 16.5. The third-order valence-corrected chi connectivity index (χ3v) is 2.84. The molecule has 0 saturated carbocycles. The average molecular weight is 222 g/mol. The molecule has 1 aromatic rings. The quantitative estimate of drug-likeness (QED) is 0.801. The lowest BCUT2D eigenvalue weighted by molar-refractivity contribution is 0.101. The van der Waals surface area contributed by atoms with Gasteiger partial charge in [-0.05, 0) is 36.8 Å². The number of aliphatic hydroxyl groups is 1. The molecule has 1 rings (SSSR count). The number of aryl methyl sites for hydroxylation is 1. The van der Waals surface area contributed by atoms with Gasteiger partial charge in [0.15, 0.2) is 0 Å². The zero-order valence-corrected chi connectivity index (χ0v) is 10.4. The van der Waals surface area contributed by atoms with Crippen LogP contribution in [0.25, 0.3) is 0 Å². The lowest BCUT2D eigenvalue weighted by Crippen LogP contribution is -2.17. The van der Waals surface area contributed by atoms with Gasteiger partial charge in [0.1, 0.15) is 0 Å². The standard InChI is InChI=1S/C14H22O2/c1-11(10-16-3)8-14(15)9-13-7-5-4-6-12(13)2/h4-7,11,14-15H,8-10H2,1-3H3. The number of methoxy groups -OCH3 is 1. The lowest BCUT2D eigenvalue weighted by atomic mass is 9.97. The van der Waals surface area contributed by atoms with Crippen LogP contribution in [-0.2, 0) is 11.2 Å². The van der Waals surface area contributed by atoms with Crippen LogP contribution in [0, 0.1) is 12.8 Å². The van der Waals surface area contributed by atoms with Crippen molar-refractivity contribution in [2.24, 2.45) is 5.92 Å². The van der Waals surface area contributed by atoms with Crippen LogP contribution >= 0.6 is 0 Å². The molecule has 2 nitrogen and oxygen atoms in total. The zero-order valence-electron chi connectivity index (χ0n) is 10.4. The maximum absolute atomic E-state index is 9.97. The molecule has 0 amide bonds. The van der Waals surface area contributed by atoms with E-state index in [0.29, 0.717) is 12.5 Å².